The Morgan fingerprint density at radius 2 is 1.88 bits per heavy atom. The van der Waals surface area contributed by atoms with E-state index in [0.717, 1.165) is 27.6 Å². The SMILES string of the molecule is CC(C)(C)OC(=O)NCc1nc2c(s1)CCN(C(=O)Nc1cnc(-c3ccccc3)nc1)C2. The molecular weight excluding hydrogens is 440 g/mol. The smallest absolute Gasteiger partial charge is 0.408 e. The van der Waals surface area contributed by atoms with E-state index in [9.17, 15) is 9.59 Å². The number of thiazole rings is 1. The minimum Gasteiger partial charge on any atom is -0.444 e. The molecule has 0 spiro atoms. The standard InChI is InChI=1S/C23H26N6O3S/c1-23(2,3)32-22(31)26-13-19-28-17-14-29(10-9-18(17)33-19)21(30)27-16-11-24-20(25-12-16)15-7-5-4-6-8-15/h4-8,11-12H,9-10,13-14H2,1-3H3,(H,26,31)(H,27,30). The number of hydrogen-bond donors (Lipinski definition) is 2. The predicted molar refractivity (Wildman–Crippen MR) is 126 cm³/mol. The van der Waals surface area contributed by atoms with Gasteiger partial charge >= 0.3 is 12.1 Å². The summed E-state index contributed by atoms with van der Waals surface area (Å²) in [5.41, 5.74) is 1.76. The number of fused-ring (bicyclic) bond motifs is 1. The molecule has 172 valence electrons. The quantitative estimate of drug-likeness (QED) is 0.596. The van der Waals surface area contributed by atoms with Crippen LogP contribution in [0.5, 0.6) is 0 Å². The van der Waals surface area contributed by atoms with E-state index in [0.29, 0.717) is 31.1 Å². The van der Waals surface area contributed by atoms with Crippen LogP contribution >= 0.6 is 11.3 Å². The molecule has 0 saturated heterocycles. The number of nitrogens with zero attached hydrogens (tertiary/aromatic N) is 4. The second kappa shape index (κ2) is 9.53. The molecule has 0 unspecified atom stereocenters. The summed E-state index contributed by atoms with van der Waals surface area (Å²) >= 11 is 1.55. The van der Waals surface area contributed by atoms with E-state index < -0.39 is 11.7 Å². The van der Waals surface area contributed by atoms with Gasteiger partial charge in [0.25, 0.3) is 0 Å². The van der Waals surface area contributed by atoms with Crippen LogP contribution in [0.25, 0.3) is 11.4 Å². The van der Waals surface area contributed by atoms with Crippen molar-refractivity contribution in [1.82, 2.24) is 25.2 Å². The van der Waals surface area contributed by atoms with E-state index in [2.05, 4.69) is 25.6 Å². The molecule has 3 amide bonds. The lowest BCUT2D eigenvalue weighted by molar-refractivity contribution is 0.0523. The van der Waals surface area contributed by atoms with Crippen LogP contribution in [0, 0.1) is 0 Å². The maximum Gasteiger partial charge on any atom is 0.408 e. The predicted octanol–water partition coefficient (Wildman–Crippen LogP) is 4.22. The number of nitrogens with one attached hydrogen (secondary N) is 2. The molecule has 2 aromatic heterocycles. The molecule has 9 nitrogen and oxygen atoms in total. The van der Waals surface area contributed by atoms with Crippen LogP contribution in [-0.4, -0.2) is 44.1 Å². The number of anilines is 1. The number of benzene rings is 1. The number of carbonyl (C=O) groups is 2. The molecule has 0 aliphatic carbocycles. The minimum absolute atomic E-state index is 0.224. The van der Waals surface area contributed by atoms with Crippen molar-refractivity contribution in [3.8, 4) is 11.4 Å². The van der Waals surface area contributed by atoms with Crippen molar-refractivity contribution in [3.63, 3.8) is 0 Å². The first-order chi connectivity index (χ1) is 15.8. The first-order valence-electron chi connectivity index (χ1n) is 10.6. The summed E-state index contributed by atoms with van der Waals surface area (Å²) < 4.78 is 5.25. The Kier molecular flexibility index (Phi) is 6.55. The average molecular weight is 467 g/mol. The van der Waals surface area contributed by atoms with Gasteiger partial charge in [-0.3, -0.25) is 0 Å². The Morgan fingerprint density at radius 3 is 2.58 bits per heavy atom. The highest BCUT2D eigenvalue weighted by atomic mass is 32.1. The van der Waals surface area contributed by atoms with Gasteiger partial charge in [0.1, 0.15) is 10.6 Å². The third-order valence-electron chi connectivity index (χ3n) is 4.78. The van der Waals surface area contributed by atoms with E-state index in [-0.39, 0.29) is 6.03 Å². The molecule has 0 fully saturated rings. The van der Waals surface area contributed by atoms with Crippen LogP contribution in [0.4, 0.5) is 15.3 Å². The Morgan fingerprint density at radius 1 is 1.15 bits per heavy atom. The van der Waals surface area contributed by atoms with Crippen LogP contribution in [0.2, 0.25) is 0 Å². The Bertz CT molecular complexity index is 1130. The molecule has 10 heteroatoms. The highest BCUT2D eigenvalue weighted by molar-refractivity contribution is 7.11. The molecule has 0 radical (unpaired) electrons. The van der Waals surface area contributed by atoms with Crippen LogP contribution in [0.1, 0.15) is 36.3 Å². The number of ether oxygens (including phenoxy) is 1. The van der Waals surface area contributed by atoms with E-state index >= 15 is 0 Å². The monoisotopic (exact) mass is 466 g/mol. The molecule has 3 heterocycles. The van der Waals surface area contributed by atoms with E-state index in [4.69, 9.17) is 4.74 Å². The van der Waals surface area contributed by atoms with Crippen molar-refractivity contribution >= 4 is 29.1 Å². The average Bonchev–Trinajstić information content (AvgIpc) is 3.20. The fourth-order valence-corrected chi connectivity index (χ4v) is 4.30. The first-order valence-corrected chi connectivity index (χ1v) is 11.5. The van der Waals surface area contributed by atoms with Crippen LogP contribution in [0.15, 0.2) is 42.7 Å². The van der Waals surface area contributed by atoms with Crippen molar-refractivity contribution in [1.29, 1.82) is 0 Å². The van der Waals surface area contributed by atoms with Crippen LogP contribution in [-0.2, 0) is 24.2 Å². The third-order valence-corrected chi connectivity index (χ3v) is 5.93. The topological polar surface area (TPSA) is 109 Å². The van der Waals surface area contributed by atoms with Gasteiger partial charge in [-0.05, 0) is 20.8 Å². The zero-order valence-electron chi connectivity index (χ0n) is 18.8. The Labute approximate surface area is 196 Å². The van der Waals surface area contributed by atoms with Crippen molar-refractivity contribution in [2.24, 2.45) is 0 Å². The van der Waals surface area contributed by atoms with E-state index in [1.54, 1.807) is 28.6 Å². The van der Waals surface area contributed by atoms with Gasteiger partial charge in [-0.25, -0.2) is 24.5 Å². The van der Waals surface area contributed by atoms with Crippen molar-refractivity contribution in [2.75, 3.05) is 11.9 Å². The maximum atomic E-state index is 12.7. The van der Waals surface area contributed by atoms with Gasteiger partial charge < -0.3 is 20.3 Å². The van der Waals surface area contributed by atoms with Gasteiger partial charge in [0.2, 0.25) is 0 Å². The summed E-state index contributed by atoms with van der Waals surface area (Å²) in [6.07, 6.45) is 3.45. The maximum absolute atomic E-state index is 12.7. The summed E-state index contributed by atoms with van der Waals surface area (Å²) in [6, 6.07) is 9.43. The molecular formula is C23H26N6O3S. The number of urea groups is 1. The molecule has 3 aromatic rings. The van der Waals surface area contributed by atoms with Crippen LogP contribution in [0.3, 0.4) is 0 Å². The zero-order chi connectivity index (χ0) is 23.4. The molecule has 0 bridgehead atoms. The van der Waals surface area contributed by atoms with Gasteiger partial charge in [-0.2, -0.15) is 0 Å². The van der Waals surface area contributed by atoms with Gasteiger partial charge in [0.15, 0.2) is 5.82 Å². The summed E-state index contributed by atoms with van der Waals surface area (Å²) in [5.74, 6) is 0.603. The highest BCUT2D eigenvalue weighted by Gasteiger charge is 2.25. The van der Waals surface area contributed by atoms with Gasteiger partial charge in [0.05, 0.1) is 36.9 Å². The normalized spacial score (nSPS) is 13.2. The Hall–Kier alpha value is -3.53. The molecule has 33 heavy (non-hydrogen) atoms. The van der Waals surface area contributed by atoms with Gasteiger partial charge in [-0.15, -0.1) is 11.3 Å². The summed E-state index contributed by atoms with van der Waals surface area (Å²) in [4.78, 5) is 40.7. The highest BCUT2D eigenvalue weighted by Crippen LogP contribution is 2.25. The third kappa shape index (κ3) is 6.04. The first kappa shape index (κ1) is 22.7. The lowest BCUT2D eigenvalue weighted by Gasteiger charge is -2.26. The van der Waals surface area contributed by atoms with Gasteiger partial charge in [0, 0.05) is 23.4 Å². The summed E-state index contributed by atoms with van der Waals surface area (Å²) in [5, 5.41) is 6.37. The number of alkyl carbamates (subject to hydrolysis) is 1. The minimum atomic E-state index is -0.549. The van der Waals surface area contributed by atoms with Gasteiger partial charge in [-0.1, -0.05) is 30.3 Å². The zero-order valence-corrected chi connectivity index (χ0v) is 19.6. The fourth-order valence-electron chi connectivity index (χ4n) is 3.29. The second-order valence-corrected chi connectivity index (χ2v) is 9.76. The fraction of sp³-hybridized carbons (Fsp3) is 0.348. The van der Waals surface area contributed by atoms with Crippen molar-refractivity contribution in [3.05, 3.63) is 58.3 Å². The van der Waals surface area contributed by atoms with Crippen molar-refractivity contribution in [2.45, 2.75) is 45.9 Å². The lowest BCUT2D eigenvalue weighted by atomic mass is 10.2. The number of aromatic nitrogens is 3. The number of rotatable bonds is 4. The molecule has 0 atom stereocenters. The molecule has 2 N–H and O–H groups in total. The summed E-state index contributed by atoms with van der Waals surface area (Å²) in [7, 11) is 0. The Balaban J connectivity index is 1.32. The summed E-state index contributed by atoms with van der Waals surface area (Å²) in [6.45, 7) is 6.74. The van der Waals surface area contributed by atoms with E-state index in [1.165, 1.54) is 0 Å². The number of carbonyl (C=O) groups excluding carboxylic acids is 2. The molecule has 0 saturated carbocycles. The largest absolute Gasteiger partial charge is 0.444 e. The number of hydrogen-bond acceptors (Lipinski definition) is 7. The lowest BCUT2D eigenvalue weighted by Crippen LogP contribution is -2.38. The molecule has 1 aliphatic heterocycles. The van der Waals surface area contributed by atoms with Crippen molar-refractivity contribution < 1.29 is 14.3 Å². The molecule has 1 aromatic carbocycles. The molecule has 4 rings (SSSR count). The van der Waals surface area contributed by atoms with Crippen LogP contribution < -0.4 is 10.6 Å². The second-order valence-electron chi connectivity index (χ2n) is 8.60. The molecule has 1 aliphatic rings. The number of amides is 3. The van der Waals surface area contributed by atoms with E-state index in [1.807, 2.05) is 51.1 Å².